The van der Waals surface area contributed by atoms with Crippen LogP contribution in [0, 0.1) is 0 Å². The van der Waals surface area contributed by atoms with Crippen molar-refractivity contribution >= 4 is 29.9 Å². The van der Waals surface area contributed by atoms with Gasteiger partial charge in [0.2, 0.25) is 0 Å². The topological polar surface area (TPSA) is 74.5 Å². The zero-order valence-electron chi connectivity index (χ0n) is 13.4. The Balaban J connectivity index is 0.00000400. The molecule has 1 aromatic heterocycles. The lowest BCUT2D eigenvalue weighted by atomic mass is 10.0. The number of unbranched alkanes of at least 4 members (excludes halogenated alkanes) is 1. The fraction of sp³-hybridized carbons (Fsp3) is 0.714. The number of aliphatic imine (C=N–C) groups is 1. The number of guanidine groups is 1. The van der Waals surface area contributed by atoms with Crippen molar-refractivity contribution in [2.45, 2.75) is 39.2 Å². The van der Waals surface area contributed by atoms with Gasteiger partial charge in [-0.15, -0.1) is 24.0 Å². The summed E-state index contributed by atoms with van der Waals surface area (Å²) in [4.78, 5) is 4.45. The first-order valence-corrected chi connectivity index (χ1v) is 7.23. The molecule has 7 heteroatoms. The van der Waals surface area contributed by atoms with Crippen LogP contribution >= 0.6 is 24.0 Å². The van der Waals surface area contributed by atoms with Crippen molar-refractivity contribution in [3.8, 4) is 0 Å². The molecule has 21 heavy (non-hydrogen) atoms. The number of hydrogen-bond donors (Lipinski definition) is 3. The highest BCUT2D eigenvalue weighted by molar-refractivity contribution is 14.0. The predicted molar refractivity (Wildman–Crippen MR) is 97.1 cm³/mol. The Morgan fingerprint density at radius 1 is 1.43 bits per heavy atom. The fourth-order valence-electron chi connectivity index (χ4n) is 1.75. The van der Waals surface area contributed by atoms with Crippen LogP contribution in [0.2, 0.25) is 0 Å². The first kappa shape index (κ1) is 20.2. The highest BCUT2D eigenvalue weighted by Crippen LogP contribution is 2.19. The zero-order valence-corrected chi connectivity index (χ0v) is 15.7. The van der Waals surface area contributed by atoms with E-state index < -0.39 is 5.60 Å². The molecule has 0 radical (unpaired) electrons. The van der Waals surface area contributed by atoms with Crippen LogP contribution in [0.15, 0.2) is 17.4 Å². The van der Waals surface area contributed by atoms with Crippen molar-refractivity contribution in [3.05, 3.63) is 18.0 Å². The quantitative estimate of drug-likeness (QED) is 0.277. The molecule has 6 nitrogen and oxygen atoms in total. The number of aromatic nitrogens is 2. The fourth-order valence-corrected chi connectivity index (χ4v) is 1.75. The summed E-state index contributed by atoms with van der Waals surface area (Å²) in [6, 6.07) is 0. The molecule has 0 aromatic carbocycles. The summed E-state index contributed by atoms with van der Waals surface area (Å²) in [6.45, 7) is 7.91. The minimum Gasteiger partial charge on any atom is -0.383 e. The second kappa shape index (κ2) is 9.99. The normalized spacial score (nSPS) is 14.2. The summed E-state index contributed by atoms with van der Waals surface area (Å²) in [5.41, 5.74) is -0.241. The number of rotatable bonds is 7. The Morgan fingerprint density at radius 2 is 2.14 bits per heavy atom. The second-order valence-electron chi connectivity index (χ2n) is 5.15. The number of nitrogens with one attached hydrogen (secondary N) is 2. The Kier molecular flexibility index (Phi) is 9.60. The highest BCUT2D eigenvalue weighted by Gasteiger charge is 2.24. The summed E-state index contributed by atoms with van der Waals surface area (Å²) < 4.78 is 1.68. The van der Waals surface area contributed by atoms with E-state index in [9.17, 15) is 5.11 Å². The molecule has 1 heterocycles. The molecule has 3 N–H and O–H groups in total. The van der Waals surface area contributed by atoms with Crippen LogP contribution in [0.5, 0.6) is 0 Å². The highest BCUT2D eigenvalue weighted by atomic mass is 127. The SMILES string of the molecule is CCCCNC(=NCC(C)(O)c1cnn(C)c1)NCC.I. The summed E-state index contributed by atoms with van der Waals surface area (Å²) in [5, 5.41) is 21.0. The van der Waals surface area contributed by atoms with E-state index in [1.807, 2.05) is 20.2 Å². The average Bonchev–Trinajstić information content (AvgIpc) is 2.84. The van der Waals surface area contributed by atoms with Gasteiger partial charge in [0, 0.05) is 31.9 Å². The summed E-state index contributed by atoms with van der Waals surface area (Å²) in [6.07, 6.45) is 5.73. The Bertz CT molecular complexity index is 431. The van der Waals surface area contributed by atoms with E-state index in [0.29, 0.717) is 6.54 Å². The molecule has 0 saturated heterocycles. The molecule has 0 aliphatic carbocycles. The lowest BCUT2D eigenvalue weighted by molar-refractivity contribution is 0.0672. The van der Waals surface area contributed by atoms with E-state index in [-0.39, 0.29) is 24.0 Å². The van der Waals surface area contributed by atoms with E-state index in [4.69, 9.17) is 0 Å². The zero-order chi connectivity index (χ0) is 15.0. The van der Waals surface area contributed by atoms with Gasteiger partial charge in [-0.1, -0.05) is 13.3 Å². The summed E-state index contributed by atoms with van der Waals surface area (Å²) >= 11 is 0. The number of hydrogen-bond acceptors (Lipinski definition) is 3. The van der Waals surface area contributed by atoms with E-state index in [2.05, 4.69) is 27.6 Å². The van der Waals surface area contributed by atoms with Gasteiger partial charge in [0.1, 0.15) is 5.60 Å². The number of aryl methyl sites for hydroxylation is 1. The molecular formula is C14H28IN5O. The van der Waals surface area contributed by atoms with Gasteiger partial charge in [-0.05, 0) is 20.3 Å². The van der Waals surface area contributed by atoms with Gasteiger partial charge in [0.15, 0.2) is 5.96 Å². The van der Waals surface area contributed by atoms with Gasteiger partial charge >= 0.3 is 0 Å². The average molecular weight is 409 g/mol. The molecule has 1 atom stereocenters. The number of halogens is 1. The van der Waals surface area contributed by atoms with Crippen molar-refractivity contribution in [2.75, 3.05) is 19.6 Å². The molecule has 0 aliphatic rings. The van der Waals surface area contributed by atoms with Crippen molar-refractivity contribution in [1.82, 2.24) is 20.4 Å². The molecule has 0 saturated carbocycles. The van der Waals surface area contributed by atoms with Crippen LogP contribution in [-0.4, -0.2) is 40.5 Å². The molecule has 0 spiro atoms. The molecule has 0 fully saturated rings. The van der Waals surface area contributed by atoms with Gasteiger partial charge < -0.3 is 15.7 Å². The lowest BCUT2D eigenvalue weighted by Crippen LogP contribution is -2.39. The molecule has 0 bridgehead atoms. The van der Waals surface area contributed by atoms with Crippen molar-refractivity contribution < 1.29 is 5.11 Å². The van der Waals surface area contributed by atoms with E-state index >= 15 is 0 Å². The summed E-state index contributed by atoms with van der Waals surface area (Å²) in [7, 11) is 1.83. The molecule has 0 amide bonds. The van der Waals surface area contributed by atoms with Gasteiger partial charge in [-0.2, -0.15) is 5.10 Å². The molecule has 1 rings (SSSR count). The van der Waals surface area contributed by atoms with Crippen molar-refractivity contribution in [1.29, 1.82) is 0 Å². The minimum absolute atomic E-state index is 0. The van der Waals surface area contributed by atoms with Gasteiger partial charge in [0.05, 0.1) is 12.7 Å². The van der Waals surface area contributed by atoms with Crippen LogP contribution in [0.3, 0.4) is 0 Å². The van der Waals surface area contributed by atoms with Crippen LogP contribution in [0.25, 0.3) is 0 Å². The summed E-state index contributed by atoms with van der Waals surface area (Å²) in [5.74, 6) is 0.741. The Labute approximate surface area is 144 Å². The van der Waals surface area contributed by atoms with Crippen LogP contribution in [-0.2, 0) is 12.6 Å². The first-order valence-electron chi connectivity index (χ1n) is 7.23. The minimum atomic E-state index is -1.01. The Morgan fingerprint density at radius 3 is 2.67 bits per heavy atom. The predicted octanol–water partition coefficient (Wildman–Crippen LogP) is 1.60. The first-order chi connectivity index (χ1) is 9.49. The lowest BCUT2D eigenvalue weighted by Gasteiger charge is -2.20. The molecule has 1 aromatic rings. The standard InChI is InChI=1S/C14H27N5O.HI/c1-5-7-8-16-13(15-6-2)17-11-14(3,20)12-9-18-19(4)10-12;/h9-10,20H,5-8,11H2,1-4H3,(H2,15,16,17);1H. The number of aliphatic hydroxyl groups is 1. The van der Waals surface area contributed by atoms with Crippen molar-refractivity contribution in [3.63, 3.8) is 0 Å². The van der Waals surface area contributed by atoms with Crippen LogP contribution in [0.1, 0.15) is 39.2 Å². The maximum atomic E-state index is 10.5. The molecular weight excluding hydrogens is 381 g/mol. The number of nitrogens with zero attached hydrogens (tertiary/aromatic N) is 3. The van der Waals surface area contributed by atoms with Crippen LogP contribution in [0.4, 0.5) is 0 Å². The third kappa shape index (κ3) is 7.12. The molecule has 1 unspecified atom stereocenters. The maximum Gasteiger partial charge on any atom is 0.191 e. The van der Waals surface area contributed by atoms with Crippen LogP contribution < -0.4 is 10.6 Å². The smallest absolute Gasteiger partial charge is 0.191 e. The van der Waals surface area contributed by atoms with Gasteiger partial charge in [-0.25, -0.2) is 4.99 Å². The van der Waals surface area contributed by atoms with Gasteiger partial charge in [0.25, 0.3) is 0 Å². The Hall–Kier alpha value is -0.830. The third-order valence-corrected chi connectivity index (χ3v) is 3.04. The monoisotopic (exact) mass is 409 g/mol. The molecule has 122 valence electrons. The van der Waals surface area contributed by atoms with E-state index in [0.717, 1.165) is 37.5 Å². The van der Waals surface area contributed by atoms with E-state index in [1.54, 1.807) is 17.8 Å². The maximum absolute atomic E-state index is 10.5. The van der Waals surface area contributed by atoms with Gasteiger partial charge in [-0.3, -0.25) is 4.68 Å². The second-order valence-corrected chi connectivity index (χ2v) is 5.15. The molecule has 0 aliphatic heterocycles. The third-order valence-electron chi connectivity index (χ3n) is 3.04. The van der Waals surface area contributed by atoms with E-state index in [1.165, 1.54) is 0 Å². The van der Waals surface area contributed by atoms with Crippen molar-refractivity contribution in [2.24, 2.45) is 12.0 Å². The largest absolute Gasteiger partial charge is 0.383 e.